The quantitative estimate of drug-likeness (QED) is 0.167. The second-order valence-electron chi connectivity index (χ2n) is 14.6. The van der Waals surface area contributed by atoms with Crippen LogP contribution in [0.3, 0.4) is 0 Å². The van der Waals surface area contributed by atoms with Crippen LogP contribution in [0.1, 0.15) is 64.2 Å². The molecule has 5 heterocycles. The van der Waals surface area contributed by atoms with E-state index in [1.54, 1.807) is 24.3 Å². The smallest absolute Gasteiger partial charge is 0.255 e. The number of nitrogens with one attached hydrogen (secondary N) is 2. The first-order chi connectivity index (χ1) is 26.6. The van der Waals surface area contributed by atoms with E-state index in [-0.39, 0.29) is 29.3 Å². The van der Waals surface area contributed by atoms with Gasteiger partial charge in [0, 0.05) is 49.1 Å². The van der Waals surface area contributed by atoms with Crippen LogP contribution in [0.25, 0.3) is 16.6 Å². The Bertz CT molecular complexity index is 2490. The van der Waals surface area contributed by atoms with Gasteiger partial charge in [-0.05, 0) is 85.4 Å². The van der Waals surface area contributed by atoms with E-state index in [9.17, 15) is 18.4 Å². The number of anilines is 2. The van der Waals surface area contributed by atoms with Gasteiger partial charge in [-0.2, -0.15) is 5.26 Å². The number of carbonyl (C=O) groups excluding carboxylic acids is 2. The maximum atomic E-state index is 15.0. The van der Waals surface area contributed by atoms with E-state index in [4.69, 9.17) is 19.7 Å². The van der Waals surface area contributed by atoms with Gasteiger partial charge in [0.25, 0.3) is 5.91 Å². The Morgan fingerprint density at radius 3 is 2.65 bits per heavy atom. The molecule has 2 N–H and O–H groups in total. The zero-order chi connectivity index (χ0) is 37.9. The van der Waals surface area contributed by atoms with Crippen LogP contribution >= 0.6 is 0 Å². The Hall–Kier alpha value is -5.75. The van der Waals surface area contributed by atoms with E-state index < -0.39 is 28.2 Å². The number of pyridine rings is 1. The third-order valence-electron chi connectivity index (χ3n) is 10.9. The number of carbonyl (C=O) groups is 2. The third kappa shape index (κ3) is 6.58. The standard InChI is InChI=1S/C41H34F2N7O4Si/c42-30-16-24(20-44)4-5-26(30)22-53-36-3-1-2-32(47-36)25-8-13-49(14-9-25)21-35-46-33-19-28(6-7-34(33)50(35)23-41(55)12-15-54-41)45-38(51)27-17-29-37(31(43)18-27)48-39(52)40(29)10-11-40/h1-8,16-19H,9-15,21-23H2,(H,45,51)(H,48,52)/t41-/m1/s1. The first-order valence-corrected chi connectivity index (χ1v) is 18.6. The molecule has 2 amide bonds. The minimum absolute atomic E-state index is 0.00738. The summed E-state index contributed by atoms with van der Waals surface area (Å²) < 4.78 is 43.2. The van der Waals surface area contributed by atoms with E-state index in [2.05, 4.69) is 41.4 Å². The number of nitrogens with zero attached hydrogens (tertiary/aromatic N) is 5. The summed E-state index contributed by atoms with van der Waals surface area (Å²) in [6.07, 6.45) is 5.03. The molecule has 2 aromatic heterocycles. The lowest BCUT2D eigenvalue weighted by molar-refractivity contribution is -0.117. The van der Waals surface area contributed by atoms with Crippen LogP contribution < -0.4 is 15.4 Å². The highest BCUT2D eigenvalue weighted by Crippen LogP contribution is 2.55. The third-order valence-corrected chi connectivity index (χ3v) is 11.5. The average Bonchev–Trinajstić information content (AvgIpc) is 3.86. The number of rotatable bonds is 10. The predicted molar refractivity (Wildman–Crippen MR) is 200 cm³/mol. The second-order valence-corrected chi connectivity index (χ2v) is 15.5. The van der Waals surface area contributed by atoms with Gasteiger partial charge in [-0.15, -0.1) is 0 Å². The SMILES string of the molecule is N#Cc1ccc(COc2cccc(C3=CCN(Cc4nc5cc(NC(=O)c6cc(F)c7c(c6)C6(CC6)C(=O)N7)ccc5n4C[C@]4([Si])CCO4)CC3)n2)c(F)c1. The van der Waals surface area contributed by atoms with Crippen LogP contribution in [0.2, 0.25) is 0 Å². The van der Waals surface area contributed by atoms with Gasteiger partial charge in [0.1, 0.15) is 24.1 Å². The summed E-state index contributed by atoms with van der Waals surface area (Å²) in [6.45, 7) is 3.20. The van der Waals surface area contributed by atoms with Crippen molar-refractivity contribution in [2.45, 2.75) is 56.0 Å². The monoisotopic (exact) mass is 754 g/mol. The van der Waals surface area contributed by atoms with Gasteiger partial charge in [0.05, 0.1) is 61.5 Å². The van der Waals surface area contributed by atoms with Crippen molar-refractivity contribution < 1.29 is 27.8 Å². The Labute approximate surface area is 318 Å². The van der Waals surface area contributed by atoms with Gasteiger partial charge >= 0.3 is 0 Å². The van der Waals surface area contributed by atoms with E-state index in [0.29, 0.717) is 67.3 Å². The highest BCUT2D eigenvalue weighted by Gasteiger charge is 2.57. The Balaban J connectivity index is 0.904. The van der Waals surface area contributed by atoms with Crippen molar-refractivity contribution >= 4 is 50.0 Å². The molecular formula is C41H34F2N7O4Si. The molecule has 3 aliphatic heterocycles. The molecular weight excluding hydrogens is 721 g/mol. The molecule has 14 heteroatoms. The fraction of sp³-hybridized carbons (Fsp3) is 0.293. The molecule has 4 aliphatic rings. The summed E-state index contributed by atoms with van der Waals surface area (Å²) in [5.41, 5.74) is 4.74. The number of ether oxygens (including phenoxy) is 2. The molecule has 1 saturated heterocycles. The largest absolute Gasteiger partial charge is 0.473 e. The van der Waals surface area contributed by atoms with E-state index >= 15 is 0 Å². The number of aromatic nitrogens is 3. The van der Waals surface area contributed by atoms with E-state index in [0.717, 1.165) is 48.1 Å². The molecule has 1 aliphatic carbocycles. The van der Waals surface area contributed by atoms with Crippen LogP contribution in [0.4, 0.5) is 20.2 Å². The molecule has 275 valence electrons. The molecule has 0 bridgehead atoms. The van der Waals surface area contributed by atoms with Crippen molar-refractivity contribution in [1.29, 1.82) is 5.26 Å². The number of amides is 2. The Morgan fingerprint density at radius 2 is 1.93 bits per heavy atom. The fourth-order valence-corrected chi connectivity index (χ4v) is 7.91. The number of benzene rings is 3. The van der Waals surface area contributed by atoms with Crippen molar-refractivity contribution in [1.82, 2.24) is 19.4 Å². The Kier molecular flexibility index (Phi) is 8.60. The number of nitriles is 1. The van der Waals surface area contributed by atoms with Crippen molar-refractivity contribution in [2.75, 3.05) is 30.3 Å². The fourth-order valence-electron chi connectivity index (χ4n) is 7.55. The molecule has 11 nitrogen and oxygen atoms in total. The van der Waals surface area contributed by atoms with Crippen LogP contribution in [0.15, 0.2) is 72.8 Å². The normalized spacial score (nSPS) is 19.7. The van der Waals surface area contributed by atoms with Gasteiger partial charge in [-0.25, -0.2) is 18.7 Å². The molecule has 3 aromatic carbocycles. The summed E-state index contributed by atoms with van der Waals surface area (Å²) >= 11 is 0. The first kappa shape index (κ1) is 35.0. The molecule has 1 atom stereocenters. The van der Waals surface area contributed by atoms with Crippen molar-refractivity contribution in [3.8, 4) is 11.9 Å². The lowest BCUT2D eigenvalue weighted by Gasteiger charge is -2.39. The zero-order valence-electron chi connectivity index (χ0n) is 29.6. The van der Waals surface area contributed by atoms with Gasteiger partial charge in [0.2, 0.25) is 11.8 Å². The topological polar surface area (TPSA) is 134 Å². The van der Waals surface area contributed by atoms with Crippen molar-refractivity contribution in [3.63, 3.8) is 0 Å². The maximum absolute atomic E-state index is 15.0. The van der Waals surface area contributed by atoms with E-state index in [1.165, 1.54) is 6.07 Å². The summed E-state index contributed by atoms with van der Waals surface area (Å²) in [5, 5.41) is 14.0. The molecule has 1 saturated carbocycles. The number of halogens is 2. The number of imidazole rings is 1. The molecule has 1 spiro atoms. The average molecular weight is 755 g/mol. The molecule has 55 heavy (non-hydrogen) atoms. The highest BCUT2D eigenvalue weighted by molar-refractivity contribution is 6.15. The number of hydrogen-bond donors (Lipinski definition) is 2. The lowest BCUT2D eigenvalue weighted by atomic mass is 9.95. The van der Waals surface area contributed by atoms with Crippen molar-refractivity contribution in [3.05, 3.63) is 118 Å². The molecule has 9 rings (SSSR count). The van der Waals surface area contributed by atoms with Crippen LogP contribution in [-0.2, 0) is 34.6 Å². The number of hydrogen-bond acceptors (Lipinski definition) is 8. The summed E-state index contributed by atoms with van der Waals surface area (Å²) in [4.78, 5) is 37.9. The molecule has 0 unspecified atom stereocenters. The van der Waals surface area contributed by atoms with Gasteiger partial charge < -0.3 is 24.7 Å². The summed E-state index contributed by atoms with van der Waals surface area (Å²) in [7, 11) is 3.83. The first-order valence-electron chi connectivity index (χ1n) is 18.1. The van der Waals surface area contributed by atoms with Gasteiger partial charge in [0.15, 0.2) is 0 Å². The van der Waals surface area contributed by atoms with Crippen LogP contribution in [-0.4, -0.2) is 66.4 Å². The zero-order valence-corrected chi connectivity index (χ0v) is 30.6. The Morgan fingerprint density at radius 1 is 1.07 bits per heavy atom. The van der Waals surface area contributed by atoms with Crippen molar-refractivity contribution in [2.24, 2.45) is 0 Å². The van der Waals surface area contributed by atoms with Crippen LogP contribution in [0.5, 0.6) is 5.88 Å². The maximum Gasteiger partial charge on any atom is 0.255 e. The van der Waals surface area contributed by atoms with Gasteiger partial charge in [-0.1, -0.05) is 18.2 Å². The minimum atomic E-state index is -0.717. The molecule has 5 aromatic rings. The number of fused-ring (bicyclic) bond motifs is 3. The summed E-state index contributed by atoms with van der Waals surface area (Å²) in [6, 6.07) is 20.1. The minimum Gasteiger partial charge on any atom is -0.473 e. The van der Waals surface area contributed by atoms with Gasteiger partial charge in [-0.3, -0.25) is 14.5 Å². The summed E-state index contributed by atoms with van der Waals surface area (Å²) in [5.74, 6) is -0.562. The molecule has 2 fully saturated rings. The predicted octanol–water partition coefficient (Wildman–Crippen LogP) is 5.97. The van der Waals surface area contributed by atoms with E-state index in [1.807, 2.05) is 36.4 Å². The second kappa shape index (κ2) is 13.5. The van der Waals surface area contributed by atoms with Crippen LogP contribution in [0, 0.1) is 23.0 Å². The lowest BCUT2D eigenvalue weighted by Crippen LogP contribution is -2.48. The highest BCUT2D eigenvalue weighted by atomic mass is 28.1. The molecule has 3 radical (unpaired) electrons.